The van der Waals surface area contributed by atoms with Crippen molar-refractivity contribution in [3.63, 3.8) is 0 Å². The van der Waals surface area contributed by atoms with Crippen LogP contribution in [0.15, 0.2) is 42.7 Å². The zero-order valence-electron chi connectivity index (χ0n) is 22.2. The monoisotopic (exact) mass is 520 g/mol. The third kappa shape index (κ3) is 6.01. The number of hydrogen-bond donors (Lipinski definition) is 4. The largest absolute Gasteiger partial charge is 0.497 e. The number of fused-ring (bicyclic) bond motifs is 1. The Morgan fingerprint density at radius 1 is 1.21 bits per heavy atom. The van der Waals surface area contributed by atoms with Crippen LogP contribution in [0.3, 0.4) is 0 Å². The van der Waals surface area contributed by atoms with Crippen LogP contribution < -0.4 is 26.0 Å². The van der Waals surface area contributed by atoms with Crippen molar-refractivity contribution in [2.24, 2.45) is 0 Å². The highest BCUT2D eigenvalue weighted by atomic mass is 16.5. The summed E-state index contributed by atoms with van der Waals surface area (Å²) in [6.07, 6.45) is 2.99. The molecule has 0 atom stereocenters. The molecule has 1 fully saturated rings. The molecule has 4 rings (SSSR count). The average molecular weight is 521 g/mol. The van der Waals surface area contributed by atoms with E-state index in [2.05, 4.69) is 27.8 Å². The van der Waals surface area contributed by atoms with Gasteiger partial charge in [-0.25, -0.2) is 0 Å². The first-order chi connectivity index (χ1) is 18.3. The molecule has 4 N–H and O–H groups in total. The van der Waals surface area contributed by atoms with Crippen LogP contribution in [0.5, 0.6) is 5.75 Å². The Labute approximate surface area is 223 Å². The zero-order valence-corrected chi connectivity index (χ0v) is 22.2. The lowest BCUT2D eigenvalue weighted by molar-refractivity contribution is -0.132. The first-order valence-electron chi connectivity index (χ1n) is 12.8. The molecular weight excluding hydrogens is 484 g/mol. The minimum absolute atomic E-state index is 0.0695. The lowest BCUT2D eigenvalue weighted by Crippen LogP contribution is -2.49. The van der Waals surface area contributed by atoms with Gasteiger partial charge in [0.05, 0.1) is 25.0 Å². The van der Waals surface area contributed by atoms with Crippen molar-refractivity contribution in [3.8, 4) is 5.75 Å². The molecule has 0 aliphatic carbocycles. The topological polar surface area (TPSA) is 115 Å². The molecule has 2 aliphatic heterocycles. The minimum Gasteiger partial charge on any atom is -0.497 e. The fraction of sp³-hybridized carbons (Fsp3) is 0.393. The number of methoxy groups -OCH3 is 1. The first-order valence-corrected chi connectivity index (χ1v) is 12.8. The second-order valence-electron chi connectivity index (χ2n) is 9.61. The van der Waals surface area contributed by atoms with Gasteiger partial charge in [0.25, 0.3) is 5.91 Å². The third-order valence-corrected chi connectivity index (χ3v) is 7.20. The summed E-state index contributed by atoms with van der Waals surface area (Å²) in [6.45, 7) is 7.36. The quantitative estimate of drug-likeness (QED) is 0.356. The van der Waals surface area contributed by atoms with E-state index in [1.54, 1.807) is 24.1 Å². The van der Waals surface area contributed by atoms with Gasteiger partial charge in [0.2, 0.25) is 12.3 Å². The van der Waals surface area contributed by atoms with Gasteiger partial charge < -0.3 is 35.8 Å². The van der Waals surface area contributed by atoms with E-state index in [4.69, 9.17) is 4.74 Å². The lowest BCUT2D eigenvalue weighted by Gasteiger charge is -2.37. The second-order valence-corrected chi connectivity index (χ2v) is 9.61. The zero-order chi connectivity index (χ0) is 27.2. The average Bonchev–Trinajstić information content (AvgIpc) is 3.32. The van der Waals surface area contributed by atoms with E-state index < -0.39 is 0 Å². The predicted molar refractivity (Wildman–Crippen MR) is 149 cm³/mol. The van der Waals surface area contributed by atoms with E-state index in [1.165, 1.54) is 0 Å². The van der Waals surface area contributed by atoms with Gasteiger partial charge in [-0.1, -0.05) is 6.58 Å². The van der Waals surface area contributed by atoms with Crippen molar-refractivity contribution in [1.29, 1.82) is 0 Å². The molecule has 2 aliphatic rings. The van der Waals surface area contributed by atoms with Crippen LogP contribution in [-0.2, 0) is 16.0 Å². The van der Waals surface area contributed by atoms with E-state index in [9.17, 15) is 14.4 Å². The second kappa shape index (κ2) is 11.9. The summed E-state index contributed by atoms with van der Waals surface area (Å²) in [6, 6.07) is 9.46. The molecule has 10 nitrogen and oxygen atoms in total. The molecule has 2 heterocycles. The molecule has 0 saturated carbocycles. The summed E-state index contributed by atoms with van der Waals surface area (Å²) >= 11 is 0. The number of anilines is 3. The normalized spacial score (nSPS) is 14.7. The van der Waals surface area contributed by atoms with Crippen molar-refractivity contribution in [1.82, 2.24) is 15.1 Å². The van der Waals surface area contributed by atoms with Crippen LogP contribution in [-0.4, -0.2) is 74.4 Å². The number of benzene rings is 2. The Morgan fingerprint density at radius 2 is 1.97 bits per heavy atom. The number of piperidine rings is 1. The first kappa shape index (κ1) is 26.8. The summed E-state index contributed by atoms with van der Waals surface area (Å²) in [5.74, 6) is 1.01. The predicted octanol–water partition coefficient (Wildman–Crippen LogP) is 2.78. The number of likely N-dealkylation sites (tertiary alicyclic amines) is 1. The summed E-state index contributed by atoms with van der Waals surface area (Å²) in [7, 11) is 3.51. The Morgan fingerprint density at radius 3 is 2.66 bits per heavy atom. The highest BCUT2D eigenvalue weighted by Gasteiger charge is 2.27. The van der Waals surface area contributed by atoms with Gasteiger partial charge in [0, 0.05) is 44.0 Å². The molecule has 0 bridgehead atoms. The highest BCUT2D eigenvalue weighted by Crippen LogP contribution is 2.34. The van der Waals surface area contributed by atoms with Gasteiger partial charge in [-0.15, -0.1) is 0 Å². The van der Waals surface area contributed by atoms with Gasteiger partial charge in [-0.05, 0) is 67.6 Å². The number of aryl methyl sites for hydroxylation is 1. The van der Waals surface area contributed by atoms with Gasteiger partial charge in [0.1, 0.15) is 11.6 Å². The molecular formula is C28H36N6O4. The van der Waals surface area contributed by atoms with Crippen molar-refractivity contribution in [2.45, 2.75) is 32.2 Å². The molecule has 38 heavy (non-hydrogen) atoms. The van der Waals surface area contributed by atoms with E-state index in [-0.39, 0.29) is 24.4 Å². The smallest absolute Gasteiger partial charge is 0.251 e. The molecule has 0 aromatic heterocycles. The summed E-state index contributed by atoms with van der Waals surface area (Å²) in [5, 5.41) is 12.2. The number of hydrogen-bond acceptors (Lipinski definition) is 7. The minimum atomic E-state index is -0.302. The molecule has 3 amide bonds. The number of ether oxygens (including phenoxy) is 1. The maximum Gasteiger partial charge on any atom is 0.251 e. The fourth-order valence-electron chi connectivity index (χ4n) is 5.06. The van der Waals surface area contributed by atoms with Crippen LogP contribution in [0.4, 0.5) is 17.1 Å². The maximum absolute atomic E-state index is 12.8. The van der Waals surface area contributed by atoms with Gasteiger partial charge in [-0.2, -0.15) is 0 Å². The molecule has 1 saturated heterocycles. The Bertz CT molecular complexity index is 1220. The summed E-state index contributed by atoms with van der Waals surface area (Å²) in [5.41, 5.74) is 5.18. The molecule has 2 aromatic rings. The summed E-state index contributed by atoms with van der Waals surface area (Å²) < 4.78 is 5.34. The van der Waals surface area contributed by atoms with Gasteiger partial charge in [-0.3, -0.25) is 14.4 Å². The van der Waals surface area contributed by atoms with E-state index in [0.717, 1.165) is 40.3 Å². The molecule has 0 radical (unpaired) electrons. The molecule has 0 unspecified atom stereocenters. The number of nitrogens with one attached hydrogen (secondary N) is 4. The van der Waals surface area contributed by atoms with Crippen molar-refractivity contribution in [2.75, 3.05) is 56.3 Å². The van der Waals surface area contributed by atoms with Crippen LogP contribution in [0.2, 0.25) is 0 Å². The standard InChI is InChI=1S/C28H36N6O4/c1-18-13-21(15-25-27(18)32-19(2)31-25)28(37)30-16-26(36)33-11-8-22(9-12-33)34(17-35)10-7-20-14-23(38-4)5-6-24(20)29-3/h5-6,13-15,17,22,29,31-32H,2,7-12,16H2,1,3-4H3,(H,30,37). The van der Waals surface area contributed by atoms with Crippen LogP contribution in [0.1, 0.15) is 34.3 Å². The Balaban J connectivity index is 1.26. The van der Waals surface area contributed by atoms with E-state index >= 15 is 0 Å². The van der Waals surface area contributed by atoms with E-state index in [1.807, 2.05) is 37.1 Å². The van der Waals surface area contributed by atoms with Crippen LogP contribution in [0, 0.1) is 6.92 Å². The lowest BCUT2D eigenvalue weighted by atomic mass is 10.0. The Hall–Kier alpha value is -4.21. The third-order valence-electron chi connectivity index (χ3n) is 7.20. The maximum atomic E-state index is 12.8. The molecule has 202 valence electrons. The molecule has 10 heteroatoms. The number of nitrogens with zero attached hydrogens (tertiary/aromatic N) is 2. The van der Waals surface area contributed by atoms with Gasteiger partial charge in [0.15, 0.2) is 0 Å². The van der Waals surface area contributed by atoms with Gasteiger partial charge >= 0.3 is 0 Å². The fourth-order valence-corrected chi connectivity index (χ4v) is 5.06. The van der Waals surface area contributed by atoms with Crippen molar-refractivity contribution in [3.05, 3.63) is 59.4 Å². The molecule has 0 spiro atoms. The number of amides is 3. The molecule has 2 aromatic carbocycles. The Kier molecular flexibility index (Phi) is 8.40. The van der Waals surface area contributed by atoms with Crippen LogP contribution >= 0.6 is 0 Å². The van der Waals surface area contributed by atoms with Crippen molar-refractivity contribution >= 4 is 35.3 Å². The SMILES string of the molecule is C=C1Nc2cc(C(=O)NCC(=O)N3CCC(N(C=O)CCc4cc(OC)ccc4NC)CC3)cc(C)c2N1. The van der Waals surface area contributed by atoms with E-state index in [0.29, 0.717) is 50.3 Å². The van der Waals surface area contributed by atoms with Crippen LogP contribution in [0.25, 0.3) is 0 Å². The summed E-state index contributed by atoms with van der Waals surface area (Å²) in [4.78, 5) is 41.0. The van der Waals surface area contributed by atoms with Crippen molar-refractivity contribution < 1.29 is 19.1 Å². The highest BCUT2D eigenvalue weighted by molar-refractivity contribution is 5.99. The number of carbonyl (C=O) groups excluding carboxylic acids is 3. The number of rotatable bonds is 10. The number of carbonyl (C=O) groups is 3.